The van der Waals surface area contributed by atoms with Gasteiger partial charge in [-0.05, 0) is 25.3 Å². The molecule has 2 aromatic rings. The Morgan fingerprint density at radius 3 is 2.59 bits per heavy atom. The van der Waals surface area contributed by atoms with Gasteiger partial charge in [0, 0.05) is 32.4 Å². The van der Waals surface area contributed by atoms with Crippen LogP contribution in [0.15, 0.2) is 36.5 Å². The number of nitrogens with zero attached hydrogens (tertiary/aromatic N) is 3. The highest BCUT2D eigenvalue weighted by molar-refractivity contribution is 5.97. The van der Waals surface area contributed by atoms with Gasteiger partial charge in [-0.1, -0.05) is 30.3 Å². The van der Waals surface area contributed by atoms with E-state index >= 15 is 0 Å². The number of likely N-dealkylation sites (N-methyl/N-ethyl adjacent to an activating group) is 1. The number of ether oxygens (including phenoxy) is 1. The first-order chi connectivity index (χ1) is 13.0. The molecule has 1 saturated heterocycles. The molecule has 144 valence electrons. The summed E-state index contributed by atoms with van der Waals surface area (Å²) in [6.45, 7) is 3.23. The van der Waals surface area contributed by atoms with Crippen LogP contribution >= 0.6 is 0 Å². The lowest BCUT2D eigenvalue weighted by atomic mass is 10.0. The maximum absolute atomic E-state index is 13.0. The molecule has 1 aliphatic rings. The largest absolute Gasteiger partial charge is 0.480 e. The molecule has 0 aliphatic carbocycles. The number of hydrogen-bond donors (Lipinski definition) is 1. The van der Waals surface area contributed by atoms with Crippen LogP contribution in [0.2, 0.25) is 0 Å². The van der Waals surface area contributed by atoms with Gasteiger partial charge in [-0.25, -0.2) is 4.79 Å². The molecule has 27 heavy (non-hydrogen) atoms. The van der Waals surface area contributed by atoms with E-state index in [0.717, 1.165) is 24.1 Å². The number of aliphatic carboxylic acids is 1. The number of hydrogen-bond acceptors (Lipinski definition) is 4. The normalized spacial score (nSPS) is 16.1. The van der Waals surface area contributed by atoms with Gasteiger partial charge in [-0.3, -0.25) is 9.48 Å². The molecule has 7 nitrogen and oxygen atoms in total. The summed E-state index contributed by atoms with van der Waals surface area (Å²) in [5.41, 5.74) is 2.09. The summed E-state index contributed by atoms with van der Waals surface area (Å²) in [6, 6.07) is 8.60. The zero-order chi connectivity index (χ0) is 19.4. The fourth-order valence-corrected chi connectivity index (χ4v) is 3.49. The second kappa shape index (κ2) is 8.35. The number of amides is 1. The van der Waals surface area contributed by atoms with Crippen molar-refractivity contribution in [1.82, 2.24) is 14.7 Å². The Morgan fingerprint density at radius 2 is 1.96 bits per heavy atom. The third-order valence-corrected chi connectivity index (χ3v) is 5.16. The topological polar surface area (TPSA) is 84.7 Å². The van der Waals surface area contributed by atoms with Gasteiger partial charge in [0.2, 0.25) is 0 Å². The summed E-state index contributed by atoms with van der Waals surface area (Å²) in [5, 5.41) is 14.0. The zero-order valence-corrected chi connectivity index (χ0v) is 15.7. The average molecular weight is 371 g/mol. The van der Waals surface area contributed by atoms with Gasteiger partial charge in [-0.15, -0.1) is 0 Å². The van der Waals surface area contributed by atoms with Crippen molar-refractivity contribution < 1.29 is 19.4 Å². The van der Waals surface area contributed by atoms with Crippen molar-refractivity contribution in [3.63, 3.8) is 0 Å². The van der Waals surface area contributed by atoms with Crippen LogP contribution in [0.3, 0.4) is 0 Å². The van der Waals surface area contributed by atoms with E-state index in [1.165, 1.54) is 11.9 Å². The Morgan fingerprint density at radius 1 is 1.30 bits per heavy atom. The second-order valence-electron chi connectivity index (χ2n) is 6.89. The molecule has 1 aromatic heterocycles. The summed E-state index contributed by atoms with van der Waals surface area (Å²) in [5.74, 6) is -1.35. The molecule has 0 radical (unpaired) electrons. The fourth-order valence-electron chi connectivity index (χ4n) is 3.49. The zero-order valence-electron chi connectivity index (χ0n) is 15.7. The van der Waals surface area contributed by atoms with E-state index < -0.39 is 12.0 Å². The Labute approximate surface area is 158 Å². The number of benzene rings is 1. The molecular weight excluding hydrogens is 346 g/mol. The van der Waals surface area contributed by atoms with Crippen molar-refractivity contribution in [2.24, 2.45) is 0 Å². The van der Waals surface area contributed by atoms with Crippen LogP contribution in [0.4, 0.5) is 0 Å². The van der Waals surface area contributed by atoms with E-state index in [4.69, 9.17) is 4.74 Å². The lowest BCUT2D eigenvalue weighted by Gasteiger charge is -2.26. The average Bonchev–Trinajstić information content (AvgIpc) is 3.07. The quantitative estimate of drug-likeness (QED) is 0.842. The fraction of sp³-hybridized carbons (Fsp3) is 0.450. The van der Waals surface area contributed by atoms with Gasteiger partial charge in [0.15, 0.2) is 0 Å². The maximum atomic E-state index is 13.0. The van der Waals surface area contributed by atoms with E-state index in [2.05, 4.69) is 5.10 Å². The molecule has 1 aliphatic heterocycles. The monoisotopic (exact) mass is 371 g/mol. The molecular formula is C20H25N3O4. The highest BCUT2D eigenvalue weighted by Gasteiger charge is 2.30. The van der Waals surface area contributed by atoms with Crippen LogP contribution in [0.1, 0.15) is 40.5 Å². The van der Waals surface area contributed by atoms with Crippen LogP contribution in [0.25, 0.3) is 0 Å². The molecule has 1 atom stereocenters. The maximum Gasteiger partial charge on any atom is 0.326 e. The number of carbonyl (C=O) groups is 2. The van der Waals surface area contributed by atoms with Crippen molar-refractivity contribution in [3.8, 4) is 0 Å². The Balaban J connectivity index is 1.79. The van der Waals surface area contributed by atoms with E-state index in [9.17, 15) is 14.7 Å². The molecule has 0 bridgehead atoms. The number of aromatic nitrogens is 2. The summed E-state index contributed by atoms with van der Waals surface area (Å²) < 4.78 is 7.26. The first kappa shape index (κ1) is 19.1. The van der Waals surface area contributed by atoms with Crippen molar-refractivity contribution in [2.75, 3.05) is 20.3 Å². The van der Waals surface area contributed by atoms with Crippen LogP contribution in [0, 0.1) is 6.92 Å². The molecule has 1 amide bonds. The molecule has 1 fully saturated rings. The Bertz CT molecular complexity index is 797. The minimum Gasteiger partial charge on any atom is -0.480 e. The highest BCUT2D eigenvalue weighted by Crippen LogP contribution is 2.24. The molecule has 1 aromatic carbocycles. The second-order valence-corrected chi connectivity index (χ2v) is 6.89. The van der Waals surface area contributed by atoms with Crippen molar-refractivity contribution >= 4 is 11.9 Å². The number of carboxylic acid groups (broad SMARTS) is 1. The van der Waals surface area contributed by atoms with Crippen molar-refractivity contribution in [2.45, 2.75) is 38.3 Å². The van der Waals surface area contributed by atoms with Gasteiger partial charge in [0.1, 0.15) is 6.04 Å². The van der Waals surface area contributed by atoms with E-state index in [0.29, 0.717) is 18.8 Å². The van der Waals surface area contributed by atoms with E-state index in [1.807, 2.05) is 41.9 Å². The number of carbonyl (C=O) groups excluding carboxylic acids is 1. The summed E-state index contributed by atoms with van der Waals surface area (Å²) in [6.07, 6.45) is 3.52. The lowest BCUT2D eigenvalue weighted by Crippen LogP contribution is -2.44. The number of rotatable bonds is 6. The first-order valence-electron chi connectivity index (χ1n) is 9.14. The van der Waals surface area contributed by atoms with E-state index in [1.54, 1.807) is 6.20 Å². The number of carboxylic acids is 1. The Kier molecular flexibility index (Phi) is 5.91. The predicted molar refractivity (Wildman–Crippen MR) is 99.7 cm³/mol. The predicted octanol–water partition coefficient (Wildman–Crippen LogP) is 2.31. The van der Waals surface area contributed by atoms with Crippen LogP contribution in [-0.2, 0) is 16.0 Å². The summed E-state index contributed by atoms with van der Waals surface area (Å²) >= 11 is 0. The van der Waals surface area contributed by atoms with Crippen molar-refractivity contribution in [1.29, 1.82) is 0 Å². The molecule has 3 rings (SSSR count). The van der Waals surface area contributed by atoms with Gasteiger partial charge in [0.05, 0.1) is 17.8 Å². The van der Waals surface area contributed by atoms with Gasteiger partial charge >= 0.3 is 5.97 Å². The van der Waals surface area contributed by atoms with Gasteiger partial charge in [0.25, 0.3) is 5.91 Å². The first-order valence-corrected chi connectivity index (χ1v) is 9.14. The van der Waals surface area contributed by atoms with Crippen LogP contribution in [0.5, 0.6) is 0 Å². The molecule has 1 N–H and O–H groups in total. The minimum absolute atomic E-state index is 0.213. The standard InChI is InChI=1S/C20H25N3O4/c1-14-17(13-21-23(14)16-8-10-27-11-9-16)19(24)22(2)18(20(25)26)12-15-6-4-3-5-7-15/h3-7,13,16,18H,8-12H2,1-2H3,(H,25,26). The minimum atomic E-state index is -1.02. The highest BCUT2D eigenvalue weighted by atomic mass is 16.5. The summed E-state index contributed by atoms with van der Waals surface area (Å²) in [7, 11) is 1.54. The lowest BCUT2D eigenvalue weighted by molar-refractivity contribution is -0.141. The van der Waals surface area contributed by atoms with Gasteiger partial charge in [-0.2, -0.15) is 5.10 Å². The molecule has 1 unspecified atom stereocenters. The SMILES string of the molecule is Cc1c(C(=O)N(C)C(Cc2ccccc2)C(=O)O)cnn1C1CCOCC1. The molecule has 2 heterocycles. The molecule has 0 spiro atoms. The van der Waals surface area contributed by atoms with Crippen LogP contribution < -0.4 is 0 Å². The Hall–Kier alpha value is -2.67. The van der Waals surface area contributed by atoms with E-state index in [-0.39, 0.29) is 18.4 Å². The van der Waals surface area contributed by atoms with Crippen LogP contribution in [-0.4, -0.2) is 58.0 Å². The third-order valence-electron chi connectivity index (χ3n) is 5.16. The summed E-state index contributed by atoms with van der Waals surface area (Å²) in [4.78, 5) is 26.1. The molecule has 0 saturated carbocycles. The smallest absolute Gasteiger partial charge is 0.326 e. The third kappa shape index (κ3) is 4.19. The molecule has 7 heteroatoms. The van der Waals surface area contributed by atoms with Gasteiger partial charge < -0.3 is 14.7 Å². The van der Waals surface area contributed by atoms with Crippen molar-refractivity contribution in [3.05, 3.63) is 53.3 Å².